The highest BCUT2D eigenvalue weighted by Gasteiger charge is 2.15. The number of anilines is 2. The molecule has 0 spiro atoms. The number of pyridine rings is 1. The monoisotopic (exact) mass is 411 g/mol. The standard InChI is InChI=1S/C21H21N3O4S/c1-3-28-18-9-7-17(8-10-18)24-29(26,27)19-11-5-16(6-12-19)21(25)23-20-13-4-15(2)14-22-20/h4-14,24H,3H2,1-2H3,(H,22,23,25). The number of nitrogens with zero attached hydrogens (tertiary/aromatic N) is 1. The number of benzene rings is 2. The normalized spacial score (nSPS) is 11.0. The third kappa shape index (κ3) is 5.32. The fourth-order valence-electron chi connectivity index (χ4n) is 2.52. The van der Waals surface area contributed by atoms with E-state index in [4.69, 9.17) is 4.74 Å². The fraction of sp³-hybridized carbons (Fsp3) is 0.143. The SMILES string of the molecule is CCOc1ccc(NS(=O)(=O)c2ccc(C(=O)Nc3ccc(C)cn3)cc2)cc1. The fourth-order valence-corrected chi connectivity index (χ4v) is 3.57. The highest BCUT2D eigenvalue weighted by Crippen LogP contribution is 2.20. The summed E-state index contributed by atoms with van der Waals surface area (Å²) in [6, 6.07) is 15.8. The summed E-state index contributed by atoms with van der Waals surface area (Å²) < 4.78 is 33.0. The molecular weight excluding hydrogens is 390 g/mol. The molecule has 2 aromatic carbocycles. The van der Waals surface area contributed by atoms with E-state index in [1.165, 1.54) is 24.3 Å². The summed E-state index contributed by atoms with van der Waals surface area (Å²) in [6.45, 7) is 4.31. The van der Waals surface area contributed by atoms with E-state index >= 15 is 0 Å². The number of hydrogen-bond acceptors (Lipinski definition) is 5. The lowest BCUT2D eigenvalue weighted by molar-refractivity contribution is 0.102. The first-order chi connectivity index (χ1) is 13.9. The van der Waals surface area contributed by atoms with Gasteiger partial charge in [-0.3, -0.25) is 9.52 Å². The Balaban J connectivity index is 1.69. The number of aryl methyl sites for hydroxylation is 1. The summed E-state index contributed by atoms with van der Waals surface area (Å²) in [5, 5.41) is 2.67. The van der Waals surface area contributed by atoms with Gasteiger partial charge in [0.25, 0.3) is 15.9 Å². The first kappa shape index (κ1) is 20.3. The summed E-state index contributed by atoms with van der Waals surface area (Å²) >= 11 is 0. The Kier molecular flexibility index (Phi) is 6.13. The smallest absolute Gasteiger partial charge is 0.261 e. The van der Waals surface area contributed by atoms with Gasteiger partial charge in [0, 0.05) is 17.4 Å². The molecule has 0 aliphatic rings. The van der Waals surface area contributed by atoms with Gasteiger partial charge in [0.2, 0.25) is 0 Å². The second kappa shape index (κ2) is 8.74. The molecule has 7 nitrogen and oxygen atoms in total. The van der Waals surface area contributed by atoms with Crippen LogP contribution in [0.4, 0.5) is 11.5 Å². The van der Waals surface area contributed by atoms with Crippen molar-refractivity contribution < 1.29 is 17.9 Å². The van der Waals surface area contributed by atoms with Crippen molar-refractivity contribution in [2.75, 3.05) is 16.6 Å². The van der Waals surface area contributed by atoms with E-state index in [2.05, 4.69) is 15.0 Å². The lowest BCUT2D eigenvalue weighted by atomic mass is 10.2. The van der Waals surface area contributed by atoms with Crippen LogP contribution in [-0.4, -0.2) is 25.9 Å². The van der Waals surface area contributed by atoms with Crippen LogP contribution in [0.2, 0.25) is 0 Å². The van der Waals surface area contributed by atoms with Gasteiger partial charge in [0.15, 0.2) is 0 Å². The van der Waals surface area contributed by atoms with Crippen LogP contribution in [0.5, 0.6) is 5.75 Å². The van der Waals surface area contributed by atoms with Crippen molar-refractivity contribution in [3.05, 3.63) is 78.0 Å². The molecule has 0 unspecified atom stereocenters. The van der Waals surface area contributed by atoms with Gasteiger partial charge >= 0.3 is 0 Å². The largest absolute Gasteiger partial charge is 0.494 e. The number of carbonyl (C=O) groups is 1. The van der Waals surface area contributed by atoms with Crippen molar-refractivity contribution in [1.29, 1.82) is 0 Å². The maximum absolute atomic E-state index is 12.6. The molecule has 8 heteroatoms. The molecule has 0 saturated heterocycles. The zero-order valence-electron chi connectivity index (χ0n) is 16.0. The highest BCUT2D eigenvalue weighted by molar-refractivity contribution is 7.92. The third-order valence-electron chi connectivity index (χ3n) is 4.00. The van der Waals surface area contributed by atoms with Crippen molar-refractivity contribution in [2.45, 2.75) is 18.7 Å². The van der Waals surface area contributed by atoms with E-state index in [9.17, 15) is 13.2 Å². The Morgan fingerprint density at radius 1 is 1.00 bits per heavy atom. The molecule has 3 aromatic rings. The van der Waals surface area contributed by atoms with E-state index in [1.54, 1.807) is 36.5 Å². The average Bonchev–Trinajstić information content (AvgIpc) is 2.71. The van der Waals surface area contributed by atoms with E-state index < -0.39 is 10.0 Å². The maximum Gasteiger partial charge on any atom is 0.261 e. The summed E-state index contributed by atoms with van der Waals surface area (Å²) in [5.74, 6) is 0.716. The minimum Gasteiger partial charge on any atom is -0.494 e. The molecule has 2 N–H and O–H groups in total. The van der Waals surface area contributed by atoms with Crippen LogP contribution in [0, 0.1) is 6.92 Å². The molecular formula is C21H21N3O4S. The summed E-state index contributed by atoms with van der Waals surface area (Å²) in [5.41, 5.74) is 1.73. The van der Waals surface area contributed by atoms with Gasteiger partial charge in [-0.15, -0.1) is 0 Å². The summed E-state index contributed by atoms with van der Waals surface area (Å²) in [7, 11) is -3.78. The Hall–Kier alpha value is -3.39. The molecule has 0 fully saturated rings. The van der Waals surface area contributed by atoms with Crippen molar-refractivity contribution in [3.63, 3.8) is 0 Å². The van der Waals surface area contributed by atoms with Gasteiger partial charge in [0.1, 0.15) is 11.6 Å². The lowest BCUT2D eigenvalue weighted by Crippen LogP contribution is -2.15. The van der Waals surface area contributed by atoms with E-state index in [1.807, 2.05) is 19.9 Å². The van der Waals surface area contributed by atoms with Crippen LogP contribution in [0.25, 0.3) is 0 Å². The maximum atomic E-state index is 12.6. The zero-order valence-corrected chi connectivity index (χ0v) is 16.9. The first-order valence-electron chi connectivity index (χ1n) is 8.97. The van der Waals surface area contributed by atoms with E-state index in [0.717, 1.165) is 5.56 Å². The second-order valence-electron chi connectivity index (χ2n) is 6.26. The second-order valence-corrected chi connectivity index (χ2v) is 7.94. The van der Waals surface area contributed by atoms with E-state index in [0.29, 0.717) is 29.4 Å². The minimum atomic E-state index is -3.78. The molecule has 0 aliphatic carbocycles. The molecule has 1 heterocycles. The number of ether oxygens (including phenoxy) is 1. The molecule has 0 bridgehead atoms. The van der Waals surface area contributed by atoms with Crippen molar-refractivity contribution in [1.82, 2.24) is 4.98 Å². The Morgan fingerprint density at radius 3 is 2.28 bits per heavy atom. The Bertz CT molecular complexity index is 1080. The Morgan fingerprint density at radius 2 is 1.69 bits per heavy atom. The summed E-state index contributed by atoms with van der Waals surface area (Å²) in [6.07, 6.45) is 1.65. The zero-order chi connectivity index (χ0) is 20.9. The Labute approximate surface area is 169 Å². The molecule has 3 rings (SSSR count). The average molecular weight is 411 g/mol. The molecule has 0 atom stereocenters. The number of nitrogens with one attached hydrogen (secondary N) is 2. The van der Waals surface area contributed by atoms with Crippen LogP contribution in [-0.2, 0) is 10.0 Å². The number of hydrogen-bond donors (Lipinski definition) is 2. The van der Waals surface area contributed by atoms with Gasteiger partial charge < -0.3 is 10.1 Å². The van der Waals surface area contributed by atoms with Crippen LogP contribution in [0.3, 0.4) is 0 Å². The predicted octanol–water partition coefficient (Wildman–Crippen LogP) is 3.84. The predicted molar refractivity (Wildman–Crippen MR) is 112 cm³/mol. The molecule has 0 saturated carbocycles. The third-order valence-corrected chi connectivity index (χ3v) is 5.39. The molecule has 29 heavy (non-hydrogen) atoms. The van der Waals surface area contributed by atoms with E-state index in [-0.39, 0.29) is 10.8 Å². The number of aromatic nitrogens is 1. The number of carbonyl (C=O) groups excluding carboxylic acids is 1. The number of amides is 1. The van der Waals surface area contributed by atoms with Crippen molar-refractivity contribution >= 4 is 27.4 Å². The van der Waals surface area contributed by atoms with Crippen LogP contribution in [0.1, 0.15) is 22.8 Å². The van der Waals surface area contributed by atoms with Gasteiger partial charge in [-0.25, -0.2) is 13.4 Å². The number of sulfonamides is 1. The van der Waals surface area contributed by atoms with Crippen LogP contribution < -0.4 is 14.8 Å². The van der Waals surface area contributed by atoms with Gasteiger partial charge in [-0.1, -0.05) is 6.07 Å². The van der Waals surface area contributed by atoms with Gasteiger partial charge in [-0.2, -0.15) is 0 Å². The first-order valence-corrected chi connectivity index (χ1v) is 10.5. The quantitative estimate of drug-likeness (QED) is 0.616. The molecule has 150 valence electrons. The number of rotatable bonds is 7. The molecule has 0 radical (unpaired) electrons. The highest BCUT2D eigenvalue weighted by atomic mass is 32.2. The van der Waals surface area contributed by atoms with Crippen molar-refractivity contribution in [2.24, 2.45) is 0 Å². The summed E-state index contributed by atoms with van der Waals surface area (Å²) in [4.78, 5) is 16.5. The molecule has 1 amide bonds. The molecule has 1 aromatic heterocycles. The topological polar surface area (TPSA) is 97.4 Å². The van der Waals surface area contributed by atoms with Crippen molar-refractivity contribution in [3.8, 4) is 5.75 Å². The minimum absolute atomic E-state index is 0.0522. The lowest BCUT2D eigenvalue weighted by Gasteiger charge is -2.10. The van der Waals surface area contributed by atoms with Crippen LogP contribution >= 0.6 is 0 Å². The van der Waals surface area contributed by atoms with Crippen LogP contribution in [0.15, 0.2) is 71.8 Å². The van der Waals surface area contributed by atoms with Gasteiger partial charge in [0.05, 0.1) is 11.5 Å². The molecule has 0 aliphatic heterocycles. The van der Waals surface area contributed by atoms with Gasteiger partial charge in [-0.05, 0) is 74.0 Å².